The third kappa shape index (κ3) is 4.81. The quantitative estimate of drug-likeness (QED) is 0.742. The fourth-order valence-electron chi connectivity index (χ4n) is 4.48. The van der Waals surface area contributed by atoms with Gasteiger partial charge in [0.25, 0.3) is 5.91 Å². The van der Waals surface area contributed by atoms with Crippen molar-refractivity contribution in [1.82, 2.24) is 9.80 Å². The highest BCUT2D eigenvalue weighted by atomic mass is 32.2. The topological polar surface area (TPSA) is 53.8 Å². The van der Waals surface area contributed by atoms with Crippen molar-refractivity contribution in [2.24, 2.45) is 0 Å². The standard InChI is InChI=1S/C23H30N2O3S/c1-18-7-5-6-10-22(18)29(27)17-20-11-12-21(28-20)23(26)25-15-13-24(14-16-25)19-8-3-2-4-9-19/h5-7,10-12,19H,2-4,8-9,13-17H2,1H3/t29-/m0/s1. The fraction of sp³-hybridized carbons (Fsp3) is 0.522. The zero-order valence-corrected chi connectivity index (χ0v) is 18.0. The summed E-state index contributed by atoms with van der Waals surface area (Å²) in [5.74, 6) is 1.18. The van der Waals surface area contributed by atoms with Gasteiger partial charge < -0.3 is 9.32 Å². The van der Waals surface area contributed by atoms with E-state index in [1.54, 1.807) is 12.1 Å². The maximum Gasteiger partial charge on any atom is 0.289 e. The van der Waals surface area contributed by atoms with Gasteiger partial charge >= 0.3 is 0 Å². The van der Waals surface area contributed by atoms with E-state index in [2.05, 4.69) is 4.90 Å². The molecule has 1 amide bonds. The molecule has 4 rings (SSSR count). The van der Waals surface area contributed by atoms with Gasteiger partial charge in [-0.3, -0.25) is 13.9 Å². The third-order valence-electron chi connectivity index (χ3n) is 6.18. The molecule has 0 bridgehead atoms. The smallest absolute Gasteiger partial charge is 0.289 e. The van der Waals surface area contributed by atoms with E-state index in [0.29, 0.717) is 17.6 Å². The summed E-state index contributed by atoms with van der Waals surface area (Å²) in [6.07, 6.45) is 6.64. The van der Waals surface area contributed by atoms with Crippen molar-refractivity contribution in [2.45, 2.75) is 55.7 Å². The maximum atomic E-state index is 12.8. The summed E-state index contributed by atoms with van der Waals surface area (Å²) in [4.78, 5) is 18.1. The first-order valence-corrected chi connectivity index (χ1v) is 12.0. The summed E-state index contributed by atoms with van der Waals surface area (Å²) in [5, 5.41) is 0. The molecule has 156 valence electrons. The average molecular weight is 415 g/mol. The van der Waals surface area contributed by atoms with Crippen LogP contribution < -0.4 is 0 Å². The molecule has 0 unspecified atom stereocenters. The van der Waals surface area contributed by atoms with E-state index < -0.39 is 10.8 Å². The minimum Gasteiger partial charge on any atom is -0.455 e. The summed E-state index contributed by atoms with van der Waals surface area (Å²) in [6, 6.07) is 11.9. The van der Waals surface area contributed by atoms with E-state index in [-0.39, 0.29) is 11.7 Å². The molecule has 0 spiro atoms. The molecule has 1 atom stereocenters. The molecule has 1 aromatic heterocycles. The van der Waals surface area contributed by atoms with Gasteiger partial charge in [-0.25, -0.2) is 0 Å². The Morgan fingerprint density at radius 3 is 2.48 bits per heavy atom. The fourth-order valence-corrected chi connectivity index (χ4v) is 5.71. The normalized spacial score (nSPS) is 20.0. The van der Waals surface area contributed by atoms with Gasteiger partial charge in [-0.15, -0.1) is 0 Å². The Hall–Kier alpha value is -1.92. The zero-order chi connectivity index (χ0) is 20.2. The van der Waals surface area contributed by atoms with Gasteiger partial charge in [0.15, 0.2) is 5.76 Å². The second-order valence-electron chi connectivity index (χ2n) is 8.14. The molecule has 1 aliphatic carbocycles. The summed E-state index contributed by atoms with van der Waals surface area (Å²) >= 11 is 0. The van der Waals surface area contributed by atoms with Crippen LogP contribution in [0, 0.1) is 6.92 Å². The van der Waals surface area contributed by atoms with Crippen molar-refractivity contribution >= 4 is 16.7 Å². The molecule has 1 saturated carbocycles. The molecule has 2 aromatic rings. The highest BCUT2D eigenvalue weighted by Crippen LogP contribution is 2.24. The first-order valence-electron chi connectivity index (χ1n) is 10.7. The first kappa shape index (κ1) is 20.4. The van der Waals surface area contributed by atoms with Gasteiger partial charge in [0, 0.05) is 37.1 Å². The number of aryl methyl sites for hydroxylation is 1. The van der Waals surface area contributed by atoms with Crippen molar-refractivity contribution in [1.29, 1.82) is 0 Å². The maximum absolute atomic E-state index is 12.8. The highest BCUT2D eigenvalue weighted by Gasteiger charge is 2.28. The number of piperazine rings is 1. The molecule has 5 nitrogen and oxygen atoms in total. The van der Waals surface area contributed by atoms with Crippen LogP contribution in [0.2, 0.25) is 0 Å². The average Bonchev–Trinajstić information content (AvgIpc) is 3.22. The van der Waals surface area contributed by atoms with Crippen LogP contribution in [0.15, 0.2) is 45.7 Å². The van der Waals surface area contributed by atoms with Gasteiger partial charge in [-0.2, -0.15) is 0 Å². The number of hydrogen-bond donors (Lipinski definition) is 0. The number of nitrogens with zero attached hydrogens (tertiary/aromatic N) is 2. The van der Waals surface area contributed by atoms with Gasteiger partial charge in [0.2, 0.25) is 0 Å². The van der Waals surface area contributed by atoms with Crippen LogP contribution in [0.4, 0.5) is 0 Å². The van der Waals surface area contributed by atoms with E-state index in [1.165, 1.54) is 32.1 Å². The number of carbonyl (C=O) groups excluding carboxylic acids is 1. The van der Waals surface area contributed by atoms with Crippen LogP contribution >= 0.6 is 0 Å². The van der Waals surface area contributed by atoms with E-state index >= 15 is 0 Å². The van der Waals surface area contributed by atoms with Crippen molar-refractivity contribution < 1.29 is 13.4 Å². The monoisotopic (exact) mass is 414 g/mol. The van der Waals surface area contributed by atoms with E-state index in [0.717, 1.165) is 36.6 Å². The Balaban J connectivity index is 1.33. The lowest BCUT2D eigenvalue weighted by Gasteiger charge is -2.40. The van der Waals surface area contributed by atoms with Crippen molar-refractivity contribution in [3.8, 4) is 0 Å². The number of benzene rings is 1. The lowest BCUT2D eigenvalue weighted by atomic mass is 9.94. The zero-order valence-electron chi connectivity index (χ0n) is 17.1. The summed E-state index contributed by atoms with van der Waals surface area (Å²) < 4.78 is 18.4. The lowest BCUT2D eigenvalue weighted by Crippen LogP contribution is -2.52. The second-order valence-corrected chi connectivity index (χ2v) is 9.56. The minimum atomic E-state index is -1.18. The van der Waals surface area contributed by atoms with Gasteiger partial charge in [0.1, 0.15) is 5.76 Å². The molecule has 2 fully saturated rings. The Bertz CT molecular complexity index is 865. The van der Waals surface area contributed by atoms with Crippen LogP contribution in [-0.4, -0.2) is 52.1 Å². The number of carbonyl (C=O) groups is 1. The van der Waals surface area contributed by atoms with Gasteiger partial charge in [0.05, 0.1) is 16.6 Å². The first-order chi connectivity index (χ1) is 14.1. The van der Waals surface area contributed by atoms with Crippen LogP contribution in [-0.2, 0) is 16.6 Å². The van der Waals surface area contributed by atoms with Crippen LogP contribution in [0.3, 0.4) is 0 Å². The molecule has 6 heteroatoms. The van der Waals surface area contributed by atoms with Crippen molar-refractivity contribution in [3.05, 3.63) is 53.5 Å². The molecule has 29 heavy (non-hydrogen) atoms. The minimum absolute atomic E-state index is 0.0544. The van der Waals surface area contributed by atoms with Crippen molar-refractivity contribution in [3.63, 3.8) is 0 Å². The van der Waals surface area contributed by atoms with Crippen LogP contribution in [0.5, 0.6) is 0 Å². The van der Waals surface area contributed by atoms with E-state index in [4.69, 9.17) is 4.42 Å². The second kappa shape index (κ2) is 9.26. The lowest BCUT2D eigenvalue weighted by molar-refractivity contribution is 0.0496. The SMILES string of the molecule is Cc1ccccc1[S@@](=O)Cc1ccc(C(=O)N2CCN(C3CCCCC3)CC2)o1. The van der Waals surface area contributed by atoms with Gasteiger partial charge in [-0.1, -0.05) is 37.5 Å². The predicted octanol–water partition coefficient (Wildman–Crippen LogP) is 3.99. The van der Waals surface area contributed by atoms with Gasteiger partial charge in [-0.05, 0) is 43.5 Å². The molecule has 0 N–H and O–H groups in total. The molecule has 1 aromatic carbocycles. The molecule has 1 aliphatic heterocycles. The third-order valence-corrected chi connectivity index (χ3v) is 7.67. The largest absolute Gasteiger partial charge is 0.455 e. The predicted molar refractivity (Wildman–Crippen MR) is 114 cm³/mol. The number of rotatable bonds is 5. The molecule has 0 radical (unpaired) electrons. The number of amides is 1. The highest BCUT2D eigenvalue weighted by molar-refractivity contribution is 7.84. The Morgan fingerprint density at radius 2 is 1.76 bits per heavy atom. The van der Waals surface area contributed by atoms with Crippen LogP contribution in [0.1, 0.15) is 54.0 Å². The number of hydrogen-bond acceptors (Lipinski definition) is 4. The molecule has 2 aliphatic rings. The van der Waals surface area contributed by atoms with E-state index in [9.17, 15) is 9.00 Å². The Morgan fingerprint density at radius 1 is 1.03 bits per heavy atom. The molecule has 2 heterocycles. The summed E-state index contributed by atoms with van der Waals surface area (Å²) in [5.41, 5.74) is 1.00. The summed E-state index contributed by atoms with van der Waals surface area (Å²) in [7, 11) is -1.18. The Labute approximate surface area is 175 Å². The van der Waals surface area contributed by atoms with E-state index in [1.807, 2.05) is 36.1 Å². The van der Waals surface area contributed by atoms with Crippen LogP contribution in [0.25, 0.3) is 0 Å². The molecular weight excluding hydrogens is 384 g/mol. The summed E-state index contributed by atoms with van der Waals surface area (Å²) in [6.45, 7) is 5.35. The van der Waals surface area contributed by atoms with Crippen molar-refractivity contribution in [2.75, 3.05) is 26.2 Å². The number of furan rings is 1. The molecular formula is C23H30N2O3S. The molecule has 1 saturated heterocycles. The Kier molecular flexibility index (Phi) is 6.50.